The van der Waals surface area contributed by atoms with Gasteiger partial charge >= 0.3 is 0 Å². The molecule has 0 aliphatic carbocycles. The first-order chi connectivity index (χ1) is 8.38. The van der Waals surface area contributed by atoms with E-state index in [0.717, 1.165) is 11.3 Å². The van der Waals surface area contributed by atoms with Crippen LogP contribution in [0.4, 0.5) is 5.82 Å². The third kappa shape index (κ3) is 2.92. The van der Waals surface area contributed by atoms with E-state index >= 15 is 0 Å². The molecule has 0 aromatic carbocycles. The zero-order valence-corrected chi connectivity index (χ0v) is 12.2. The Morgan fingerprint density at radius 3 is 2.50 bits per heavy atom. The molecule has 1 N–H and O–H groups in total. The van der Waals surface area contributed by atoms with Crippen LogP contribution in [0, 0.1) is 6.92 Å². The average molecular weight is 324 g/mol. The van der Waals surface area contributed by atoms with Crippen LogP contribution in [0.2, 0.25) is 9.49 Å². The highest BCUT2D eigenvalue weighted by Gasteiger charge is 2.19. The standard InChI is InChI=1S/C9H7Cl2N3O2S2/c1-5-4-8(17-9(5)11)18(15,16)14-7-3-2-6(10)12-13-7/h2-4H,1H3,(H,13,14). The summed E-state index contributed by atoms with van der Waals surface area (Å²) in [6, 6.07) is 4.37. The Hall–Kier alpha value is -0.890. The van der Waals surface area contributed by atoms with Gasteiger partial charge in [0, 0.05) is 0 Å². The summed E-state index contributed by atoms with van der Waals surface area (Å²) >= 11 is 12.4. The molecule has 5 nitrogen and oxygen atoms in total. The predicted molar refractivity (Wildman–Crippen MR) is 71.9 cm³/mol. The molecule has 0 spiro atoms. The van der Waals surface area contributed by atoms with E-state index in [0.29, 0.717) is 9.90 Å². The Bertz CT molecular complexity index is 648. The molecule has 0 unspecified atom stereocenters. The highest BCUT2D eigenvalue weighted by molar-refractivity contribution is 7.94. The lowest BCUT2D eigenvalue weighted by molar-refractivity contribution is 0.603. The van der Waals surface area contributed by atoms with Crippen molar-refractivity contribution < 1.29 is 8.42 Å². The van der Waals surface area contributed by atoms with Gasteiger partial charge in [-0.3, -0.25) is 4.72 Å². The molecular formula is C9H7Cl2N3O2S2. The largest absolute Gasteiger partial charge is 0.272 e. The van der Waals surface area contributed by atoms with Crippen molar-refractivity contribution in [3.05, 3.63) is 33.3 Å². The van der Waals surface area contributed by atoms with E-state index in [1.54, 1.807) is 6.92 Å². The van der Waals surface area contributed by atoms with Gasteiger partial charge in [0.25, 0.3) is 10.0 Å². The number of sulfonamides is 1. The van der Waals surface area contributed by atoms with Crippen molar-refractivity contribution in [1.82, 2.24) is 10.2 Å². The molecule has 0 saturated carbocycles. The van der Waals surface area contributed by atoms with Crippen molar-refractivity contribution in [3.63, 3.8) is 0 Å². The van der Waals surface area contributed by atoms with Crippen molar-refractivity contribution in [2.45, 2.75) is 11.1 Å². The van der Waals surface area contributed by atoms with Crippen LogP contribution in [0.15, 0.2) is 22.4 Å². The Balaban J connectivity index is 2.29. The summed E-state index contributed by atoms with van der Waals surface area (Å²) in [4.78, 5) is 0. The minimum Gasteiger partial charge on any atom is -0.261 e. The first kappa shape index (κ1) is 13.5. The smallest absolute Gasteiger partial charge is 0.261 e. The minimum absolute atomic E-state index is 0.0987. The van der Waals surface area contributed by atoms with Gasteiger partial charge in [0.05, 0.1) is 4.34 Å². The van der Waals surface area contributed by atoms with Crippen LogP contribution < -0.4 is 4.72 Å². The van der Waals surface area contributed by atoms with E-state index in [1.165, 1.54) is 18.2 Å². The average Bonchev–Trinajstić information content (AvgIpc) is 2.63. The van der Waals surface area contributed by atoms with Gasteiger partial charge in [0.2, 0.25) is 0 Å². The summed E-state index contributed by atoms with van der Waals surface area (Å²) < 4.78 is 26.8. The van der Waals surface area contributed by atoms with Crippen molar-refractivity contribution in [2.75, 3.05) is 4.72 Å². The molecule has 2 rings (SSSR count). The highest BCUT2D eigenvalue weighted by atomic mass is 35.5. The molecule has 2 heterocycles. The molecule has 0 amide bonds. The SMILES string of the molecule is Cc1cc(S(=O)(=O)Nc2ccc(Cl)nn2)sc1Cl. The number of rotatable bonds is 3. The number of halogens is 2. The summed E-state index contributed by atoms with van der Waals surface area (Å²) in [6.07, 6.45) is 0. The third-order valence-corrected chi connectivity index (χ3v) is 5.56. The van der Waals surface area contributed by atoms with E-state index < -0.39 is 10.0 Å². The molecule has 0 fully saturated rings. The second-order valence-corrected chi connectivity index (χ2v) is 7.32. The Morgan fingerprint density at radius 1 is 1.28 bits per heavy atom. The lowest BCUT2D eigenvalue weighted by atomic mass is 10.4. The molecule has 0 saturated heterocycles. The minimum atomic E-state index is -3.69. The quantitative estimate of drug-likeness (QED) is 0.942. The van der Waals surface area contributed by atoms with Crippen LogP contribution in [0.1, 0.15) is 5.56 Å². The van der Waals surface area contributed by atoms with E-state index in [4.69, 9.17) is 23.2 Å². The number of anilines is 1. The number of aryl methyl sites for hydroxylation is 1. The zero-order chi connectivity index (χ0) is 13.3. The van der Waals surface area contributed by atoms with E-state index in [9.17, 15) is 8.42 Å². The van der Waals surface area contributed by atoms with Gasteiger partial charge in [-0.25, -0.2) is 8.42 Å². The molecule has 9 heteroatoms. The molecule has 96 valence electrons. The second-order valence-electron chi connectivity index (χ2n) is 3.37. The van der Waals surface area contributed by atoms with Crippen LogP contribution in [-0.4, -0.2) is 18.6 Å². The van der Waals surface area contributed by atoms with Gasteiger partial charge in [-0.1, -0.05) is 23.2 Å². The molecular weight excluding hydrogens is 317 g/mol. The fourth-order valence-electron chi connectivity index (χ4n) is 1.12. The van der Waals surface area contributed by atoms with Crippen LogP contribution in [0.25, 0.3) is 0 Å². The summed E-state index contributed by atoms with van der Waals surface area (Å²) in [5.74, 6) is 0.0987. The van der Waals surface area contributed by atoms with Gasteiger partial charge in [0.15, 0.2) is 11.0 Å². The van der Waals surface area contributed by atoms with Crippen molar-refractivity contribution in [2.24, 2.45) is 0 Å². The number of thiophene rings is 1. The first-order valence-corrected chi connectivity index (χ1v) is 7.72. The van der Waals surface area contributed by atoms with E-state index in [2.05, 4.69) is 14.9 Å². The Kier molecular flexibility index (Phi) is 3.76. The molecule has 2 aromatic rings. The Labute approximate surface area is 118 Å². The zero-order valence-electron chi connectivity index (χ0n) is 9.02. The lowest BCUT2D eigenvalue weighted by Crippen LogP contribution is -2.12. The van der Waals surface area contributed by atoms with Crippen molar-refractivity contribution in [3.8, 4) is 0 Å². The first-order valence-electron chi connectivity index (χ1n) is 4.66. The van der Waals surface area contributed by atoms with E-state index in [1.807, 2.05) is 0 Å². The molecule has 2 aromatic heterocycles. The summed E-state index contributed by atoms with van der Waals surface area (Å²) in [6.45, 7) is 1.74. The molecule has 0 aliphatic heterocycles. The predicted octanol–water partition coefficient (Wildman–Crippen LogP) is 2.95. The lowest BCUT2D eigenvalue weighted by Gasteiger charge is -2.03. The maximum atomic E-state index is 12.0. The van der Waals surface area contributed by atoms with Crippen LogP contribution in [0.5, 0.6) is 0 Å². The molecule has 0 aliphatic rings. The van der Waals surface area contributed by atoms with Crippen LogP contribution in [0.3, 0.4) is 0 Å². The summed E-state index contributed by atoms with van der Waals surface area (Å²) in [5, 5.41) is 7.35. The molecule has 0 radical (unpaired) electrons. The number of nitrogens with one attached hydrogen (secondary N) is 1. The summed E-state index contributed by atoms with van der Waals surface area (Å²) in [5.41, 5.74) is 0.712. The van der Waals surface area contributed by atoms with Crippen molar-refractivity contribution >= 4 is 50.4 Å². The number of hydrogen-bond acceptors (Lipinski definition) is 5. The Morgan fingerprint density at radius 2 is 2.00 bits per heavy atom. The van der Waals surface area contributed by atoms with Crippen molar-refractivity contribution in [1.29, 1.82) is 0 Å². The van der Waals surface area contributed by atoms with Gasteiger partial charge in [-0.05, 0) is 30.7 Å². The number of aromatic nitrogens is 2. The van der Waals surface area contributed by atoms with Gasteiger partial charge in [-0.2, -0.15) is 0 Å². The highest BCUT2D eigenvalue weighted by Crippen LogP contribution is 2.30. The molecule has 18 heavy (non-hydrogen) atoms. The van der Waals surface area contributed by atoms with Gasteiger partial charge in [-0.15, -0.1) is 21.5 Å². The van der Waals surface area contributed by atoms with E-state index in [-0.39, 0.29) is 15.2 Å². The fourth-order valence-corrected chi connectivity index (χ4v) is 3.93. The number of nitrogens with zero attached hydrogens (tertiary/aromatic N) is 2. The topological polar surface area (TPSA) is 72.0 Å². The normalized spacial score (nSPS) is 11.5. The molecule has 0 bridgehead atoms. The monoisotopic (exact) mass is 323 g/mol. The van der Waals surface area contributed by atoms with Crippen LogP contribution in [-0.2, 0) is 10.0 Å². The van der Waals surface area contributed by atoms with Gasteiger partial charge < -0.3 is 0 Å². The second kappa shape index (κ2) is 5.00. The fraction of sp³-hybridized carbons (Fsp3) is 0.111. The number of hydrogen-bond donors (Lipinski definition) is 1. The summed E-state index contributed by atoms with van der Waals surface area (Å²) in [7, 11) is -3.69. The third-order valence-electron chi connectivity index (χ3n) is 1.97. The van der Waals surface area contributed by atoms with Gasteiger partial charge in [0.1, 0.15) is 4.21 Å². The maximum absolute atomic E-state index is 12.0. The molecule has 0 atom stereocenters. The van der Waals surface area contributed by atoms with Crippen LogP contribution >= 0.6 is 34.5 Å². The maximum Gasteiger partial charge on any atom is 0.272 e.